The van der Waals surface area contributed by atoms with Gasteiger partial charge in [-0.15, -0.1) is 0 Å². The van der Waals surface area contributed by atoms with Gasteiger partial charge in [-0.05, 0) is 45.4 Å². The first-order valence-corrected chi connectivity index (χ1v) is 6.45. The predicted molar refractivity (Wildman–Crippen MR) is 70.0 cm³/mol. The molecule has 2 aromatic rings. The van der Waals surface area contributed by atoms with Crippen molar-refractivity contribution >= 4 is 11.0 Å². The van der Waals surface area contributed by atoms with E-state index in [4.69, 9.17) is 4.98 Å². The van der Waals surface area contributed by atoms with E-state index in [-0.39, 0.29) is 5.54 Å². The summed E-state index contributed by atoms with van der Waals surface area (Å²) in [5.74, 6) is 1.19. The van der Waals surface area contributed by atoms with Crippen molar-refractivity contribution in [2.24, 2.45) is 0 Å². The Bertz CT molecular complexity index is 535. The van der Waals surface area contributed by atoms with E-state index < -0.39 is 0 Å². The average Bonchev–Trinajstić information content (AvgIpc) is 2.93. The summed E-state index contributed by atoms with van der Waals surface area (Å²) >= 11 is 0. The SMILES string of the molecule is CCn1c(C2(C)CCCN2)nc2ccccc21. The smallest absolute Gasteiger partial charge is 0.129 e. The molecule has 1 aromatic carbocycles. The van der Waals surface area contributed by atoms with E-state index in [9.17, 15) is 0 Å². The molecular weight excluding hydrogens is 210 g/mol. The molecule has 0 saturated carbocycles. The van der Waals surface area contributed by atoms with E-state index >= 15 is 0 Å². The zero-order valence-electron chi connectivity index (χ0n) is 10.5. The number of aryl methyl sites for hydroxylation is 1. The van der Waals surface area contributed by atoms with Crippen molar-refractivity contribution in [2.75, 3.05) is 6.54 Å². The van der Waals surface area contributed by atoms with E-state index in [1.54, 1.807) is 0 Å². The molecule has 1 fully saturated rings. The lowest BCUT2D eigenvalue weighted by Gasteiger charge is -2.24. The van der Waals surface area contributed by atoms with Crippen molar-refractivity contribution in [1.29, 1.82) is 0 Å². The summed E-state index contributed by atoms with van der Waals surface area (Å²) in [4.78, 5) is 4.84. The number of para-hydroxylation sites is 2. The van der Waals surface area contributed by atoms with Crippen LogP contribution in [0.5, 0.6) is 0 Å². The van der Waals surface area contributed by atoms with Crippen molar-refractivity contribution in [1.82, 2.24) is 14.9 Å². The maximum absolute atomic E-state index is 4.84. The molecule has 1 N–H and O–H groups in total. The number of fused-ring (bicyclic) bond motifs is 1. The quantitative estimate of drug-likeness (QED) is 0.858. The fourth-order valence-electron chi connectivity index (χ4n) is 2.90. The first-order valence-electron chi connectivity index (χ1n) is 6.45. The van der Waals surface area contributed by atoms with Crippen LogP contribution in [-0.2, 0) is 12.1 Å². The summed E-state index contributed by atoms with van der Waals surface area (Å²) in [7, 11) is 0. The third kappa shape index (κ3) is 1.57. The Morgan fingerprint density at radius 1 is 1.41 bits per heavy atom. The van der Waals surface area contributed by atoms with Gasteiger partial charge in [-0.25, -0.2) is 4.98 Å². The molecule has 3 heteroatoms. The molecule has 1 aliphatic rings. The standard InChI is InChI=1S/C14H19N3/c1-3-17-12-8-5-4-7-11(12)16-13(17)14(2)9-6-10-15-14/h4-5,7-8,15H,3,6,9-10H2,1-2H3. The fourth-order valence-corrected chi connectivity index (χ4v) is 2.90. The molecule has 1 aliphatic heterocycles. The predicted octanol–water partition coefficient (Wildman–Crippen LogP) is 2.65. The fraction of sp³-hybridized carbons (Fsp3) is 0.500. The summed E-state index contributed by atoms with van der Waals surface area (Å²) < 4.78 is 2.34. The second kappa shape index (κ2) is 3.84. The maximum Gasteiger partial charge on any atom is 0.129 e. The number of rotatable bonds is 2. The molecule has 3 nitrogen and oxygen atoms in total. The molecule has 0 spiro atoms. The van der Waals surface area contributed by atoms with Crippen LogP contribution in [0.1, 0.15) is 32.5 Å². The van der Waals surface area contributed by atoms with Crippen LogP contribution in [0.3, 0.4) is 0 Å². The molecule has 0 radical (unpaired) electrons. The third-order valence-electron chi connectivity index (χ3n) is 3.83. The van der Waals surface area contributed by atoms with Crippen LogP contribution >= 0.6 is 0 Å². The minimum atomic E-state index is 0.0506. The second-order valence-electron chi connectivity index (χ2n) is 5.03. The van der Waals surface area contributed by atoms with Crippen LogP contribution in [0.25, 0.3) is 11.0 Å². The summed E-state index contributed by atoms with van der Waals surface area (Å²) in [6, 6.07) is 8.41. The number of aromatic nitrogens is 2. The van der Waals surface area contributed by atoms with Crippen molar-refractivity contribution in [2.45, 2.75) is 38.8 Å². The average molecular weight is 229 g/mol. The van der Waals surface area contributed by atoms with Gasteiger partial charge >= 0.3 is 0 Å². The molecule has 1 atom stereocenters. The Morgan fingerprint density at radius 2 is 2.24 bits per heavy atom. The first-order chi connectivity index (χ1) is 8.24. The Hall–Kier alpha value is -1.35. The number of imidazole rings is 1. The zero-order valence-corrected chi connectivity index (χ0v) is 10.5. The largest absolute Gasteiger partial charge is 0.327 e. The normalized spacial score (nSPS) is 24.6. The van der Waals surface area contributed by atoms with Gasteiger partial charge in [0.1, 0.15) is 5.82 Å². The molecule has 1 aromatic heterocycles. The van der Waals surface area contributed by atoms with Crippen LogP contribution in [0.15, 0.2) is 24.3 Å². The van der Waals surface area contributed by atoms with Crippen LogP contribution in [0, 0.1) is 0 Å². The van der Waals surface area contributed by atoms with Crippen LogP contribution in [0.2, 0.25) is 0 Å². The molecule has 3 rings (SSSR count). The van der Waals surface area contributed by atoms with E-state index in [2.05, 4.69) is 48.0 Å². The summed E-state index contributed by atoms with van der Waals surface area (Å²) in [5.41, 5.74) is 2.41. The summed E-state index contributed by atoms with van der Waals surface area (Å²) in [5, 5.41) is 3.60. The van der Waals surface area contributed by atoms with Crippen LogP contribution in [0.4, 0.5) is 0 Å². The van der Waals surface area contributed by atoms with Gasteiger partial charge in [0.05, 0.1) is 16.6 Å². The highest BCUT2D eigenvalue weighted by Crippen LogP contribution is 2.31. The molecule has 17 heavy (non-hydrogen) atoms. The third-order valence-corrected chi connectivity index (χ3v) is 3.83. The molecule has 0 amide bonds. The van der Waals surface area contributed by atoms with Gasteiger partial charge in [-0.3, -0.25) is 0 Å². The number of hydrogen-bond acceptors (Lipinski definition) is 2. The van der Waals surface area contributed by atoms with Crippen molar-refractivity contribution in [3.63, 3.8) is 0 Å². The van der Waals surface area contributed by atoms with E-state index in [0.717, 1.165) is 18.6 Å². The zero-order chi connectivity index (χ0) is 11.9. The Labute approximate surface area is 102 Å². The van der Waals surface area contributed by atoms with Gasteiger partial charge in [0.25, 0.3) is 0 Å². The van der Waals surface area contributed by atoms with Crippen LogP contribution < -0.4 is 5.32 Å². The van der Waals surface area contributed by atoms with Gasteiger partial charge < -0.3 is 9.88 Å². The Balaban J connectivity index is 2.21. The molecule has 1 saturated heterocycles. The highest BCUT2D eigenvalue weighted by molar-refractivity contribution is 5.76. The van der Waals surface area contributed by atoms with Crippen molar-refractivity contribution < 1.29 is 0 Å². The number of nitrogens with zero attached hydrogens (tertiary/aromatic N) is 2. The first kappa shape index (κ1) is 10.8. The molecule has 0 aliphatic carbocycles. The minimum absolute atomic E-state index is 0.0506. The van der Waals surface area contributed by atoms with E-state index in [1.807, 2.05) is 0 Å². The van der Waals surface area contributed by atoms with Crippen molar-refractivity contribution in [3.8, 4) is 0 Å². The lowest BCUT2D eigenvalue weighted by molar-refractivity contribution is 0.391. The van der Waals surface area contributed by atoms with Gasteiger partial charge in [-0.2, -0.15) is 0 Å². The van der Waals surface area contributed by atoms with E-state index in [0.29, 0.717) is 0 Å². The Morgan fingerprint density at radius 3 is 2.94 bits per heavy atom. The number of nitrogens with one attached hydrogen (secondary N) is 1. The van der Waals surface area contributed by atoms with Crippen molar-refractivity contribution in [3.05, 3.63) is 30.1 Å². The summed E-state index contributed by atoms with van der Waals surface area (Å²) in [6.45, 7) is 6.54. The topological polar surface area (TPSA) is 29.9 Å². The minimum Gasteiger partial charge on any atom is -0.327 e. The lowest BCUT2D eigenvalue weighted by Crippen LogP contribution is -2.36. The van der Waals surface area contributed by atoms with Gasteiger partial charge in [0.2, 0.25) is 0 Å². The second-order valence-corrected chi connectivity index (χ2v) is 5.03. The monoisotopic (exact) mass is 229 g/mol. The highest BCUT2D eigenvalue weighted by atomic mass is 15.2. The molecular formula is C14H19N3. The molecule has 2 heterocycles. The van der Waals surface area contributed by atoms with E-state index in [1.165, 1.54) is 24.2 Å². The Kier molecular flexibility index (Phi) is 2.44. The molecule has 90 valence electrons. The van der Waals surface area contributed by atoms with Crippen LogP contribution in [-0.4, -0.2) is 16.1 Å². The number of benzene rings is 1. The number of hydrogen-bond donors (Lipinski definition) is 1. The van der Waals surface area contributed by atoms with Gasteiger partial charge in [-0.1, -0.05) is 12.1 Å². The van der Waals surface area contributed by atoms with Gasteiger partial charge in [0, 0.05) is 6.54 Å². The molecule has 0 bridgehead atoms. The lowest BCUT2D eigenvalue weighted by atomic mass is 9.99. The van der Waals surface area contributed by atoms with Gasteiger partial charge in [0.15, 0.2) is 0 Å². The maximum atomic E-state index is 4.84. The highest BCUT2D eigenvalue weighted by Gasteiger charge is 2.34. The molecule has 1 unspecified atom stereocenters. The summed E-state index contributed by atoms with van der Waals surface area (Å²) in [6.07, 6.45) is 2.42.